The van der Waals surface area contributed by atoms with Gasteiger partial charge >= 0.3 is 18.0 Å². The number of phenolic OH excluding ortho intramolecular Hbond substituents is 3. The van der Waals surface area contributed by atoms with E-state index in [9.17, 15) is 29.7 Å². The van der Waals surface area contributed by atoms with Crippen LogP contribution in [0.3, 0.4) is 0 Å². The third kappa shape index (κ3) is 17.0. The number of anilines is 6. The Kier molecular flexibility index (Phi) is 22.7. The second-order valence-corrected chi connectivity index (χ2v) is 32.9. The van der Waals surface area contributed by atoms with Crippen LogP contribution in [-0.2, 0) is 53.3 Å². The molecule has 2 atom stereocenters. The molecule has 9 aromatic rings. The molecule has 5 saturated heterocycles. The smallest absolute Gasteiger partial charge is 0.318 e. The van der Waals surface area contributed by atoms with Crippen LogP contribution in [0.2, 0.25) is 0 Å². The number of ether oxygens (including phenoxy) is 3. The second-order valence-electron chi connectivity index (χ2n) is 32.9. The largest absolute Gasteiger partial charge is 0.508 e. The number of fused-ring (bicyclic) bond motifs is 6. The van der Waals surface area contributed by atoms with Crippen LogP contribution in [0, 0.1) is 10.8 Å². The van der Waals surface area contributed by atoms with E-state index in [4.69, 9.17) is 44.1 Å². The fourth-order valence-corrected chi connectivity index (χ4v) is 17.7. The molecule has 11 heterocycles. The van der Waals surface area contributed by atoms with E-state index in [2.05, 4.69) is 82.0 Å². The first kappa shape index (κ1) is 78.7. The van der Waals surface area contributed by atoms with Gasteiger partial charge in [0.25, 0.3) is 0 Å². The molecule has 17 rings (SSSR count). The first-order chi connectivity index (χ1) is 55.4. The standard InChI is InChI=1S/C30H36N6O3.C29H34N6O3.C29H36N6O3/c1-5-27(38)35-16-30(17-35)18-36(19-30)28-24-10-11-34(26-13-22(37)12-21-8-6-7-9-23(21)26)15-25(24)31-29(32-28)39-20(2)14-33(3)4;1-4-26(37)34-16-29(17-34)18-35(19-29)27-23-9-10-33(15-24(23)30-28(31-27)38-12-11-32(2)3)25-14-21(36)13-20-7-5-6-8-22(20)25;1-5-27(37)33-12-14-34(15-13-33)28-24-10-11-35(26-17-22(36)16-21-8-6-7-9-23(21)26)19-25(24)30-29(31-28)38-20(2)18-32(3)4/h5-9,12-13,20,37H,1,10-11,14-19H2,2-4H3;4-8,13-14,36H,1,9-12,15-19H2,2-3H3;5-9,16-17,20,36H,1,10-15,18-19H2,2-4H3/t;;20-/m..1/s1. The fraction of sp³-hybridized carbons (Fsp3) is 0.420. The van der Waals surface area contributed by atoms with Gasteiger partial charge in [-0.2, -0.15) is 29.9 Å². The van der Waals surface area contributed by atoms with Gasteiger partial charge in [0.2, 0.25) is 17.7 Å². The predicted octanol–water partition coefficient (Wildman–Crippen LogP) is 8.80. The molecule has 3 N–H and O–H groups in total. The van der Waals surface area contributed by atoms with Crippen molar-refractivity contribution in [1.82, 2.24) is 59.3 Å². The normalized spacial score (nSPS) is 17.6. The number of phenols is 3. The van der Waals surface area contributed by atoms with Gasteiger partial charge in [-0.3, -0.25) is 14.4 Å². The number of likely N-dealkylation sites (N-methyl/N-ethyl adjacent to an activating group) is 3. The van der Waals surface area contributed by atoms with Gasteiger partial charge in [-0.1, -0.05) is 92.5 Å². The van der Waals surface area contributed by atoms with Crippen molar-refractivity contribution in [2.75, 3.05) is 196 Å². The molecule has 27 heteroatoms. The van der Waals surface area contributed by atoms with Crippen LogP contribution in [0.4, 0.5) is 34.5 Å². The molecule has 3 aromatic heterocycles. The molecule has 0 radical (unpaired) electrons. The minimum atomic E-state index is -0.0762. The van der Waals surface area contributed by atoms with E-state index in [0.717, 1.165) is 206 Å². The minimum Gasteiger partial charge on any atom is -0.508 e. The highest BCUT2D eigenvalue weighted by atomic mass is 16.5. The maximum Gasteiger partial charge on any atom is 0.318 e. The minimum absolute atomic E-state index is 0.00335. The molecular weight excluding hydrogens is 1450 g/mol. The summed E-state index contributed by atoms with van der Waals surface area (Å²) in [4.78, 5) is 90.9. The number of likely N-dealkylation sites (tertiary alicyclic amines) is 2. The van der Waals surface area contributed by atoms with Crippen LogP contribution in [-0.4, -0.2) is 271 Å². The van der Waals surface area contributed by atoms with Crippen LogP contribution in [0.1, 0.15) is 47.6 Å². The molecule has 0 bridgehead atoms. The van der Waals surface area contributed by atoms with Crippen molar-refractivity contribution in [2.24, 2.45) is 10.8 Å². The quantitative estimate of drug-likeness (QED) is 0.0568. The van der Waals surface area contributed by atoms with Crippen LogP contribution < -0.4 is 43.6 Å². The van der Waals surface area contributed by atoms with E-state index < -0.39 is 0 Å². The molecule has 0 saturated carbocycles. The predicted molar refractivity (Wildman–Crippen MR) is 450 cm³/mol. The van der Waals surface area contributed by atoms with Crippen molar-refractivity contribution < 1.29 is 43.9 Å². The Morgan fingerprint density at radius 2 is 0.765 bits per heavy atom. The zero-order chi connectivity index (χ0) is 80.6. The number of piperazine rings is 1. The Morgan fingerprint density at radius 1 is 0.426 bits per heavy atom. The van der Waals surface area contributed by atoms with Crippen molar-refractivity contribution in [1.29, 1.82) is 0 Å². The maximum absolute atomic E-state index is 12.1. The summed E-state index contributed by atoms with van der Waals surface area (Å²) in [5.74, 6) is 3.54. The summed E-state index contributed by atoms with van der Waals surface area (Å²) in [6, 6.07) is 36.5. The van der Waals surface area contributed by atoms with Gasteiger partial charge in [-0.15, -0.1) is 0 Å². The maximum atomic E-state index is 12.1. The van der Waals surface area contributed by atoms with Crippen LogP contribution in [0.15, 0.2) is 147 Å². The number of hydrogen-bond acceptors (Lipinski definition) is 24. The molecule has 6 aromatic carbocycles. The molecule has 3 amide bonds. The van der Waals surface area contributed by atoms with Crippen molar-refractivity contribution in [3.05, 3.63) is 181 Å². The number of aromatic nitrogens is 6. The highest BCUT2D eigenvalue weighted by Crippen LogP contribution is 2.47. The number of carbonyl (C=O) groups is 3. The summed E-state index contributed by atoms with van der Waals surface area (Å²) >= 11 is 0. The summed E-state index contributed by atoms with van der Waals surface area (Å²) in [6.45, 7) is 31.1. The molecule has 115 heavy (non-hydrogen) atoms. The molecule has 27 nitrogen and oxygen atoms in total. The highest BCUT2D eigenvalue weighted by molar-refractivity contribution is 5.98. The van der Waals surface area contributed by atoms with Crippen LogP contribution in [0.25, 0.3) is 32.3 Å². The topological polar surface area (TPSA) is 256 Å². The molecule has 8 aliphatic rings. The molecule has 0 aliphatic carbocycles. The lowest BCUT2D eigenvalue weighted by Gasteiger charge is -2.60. The molecule has 8 aliphatic heterocycles. The van der Waals surface area contributed by atoms with Crippen LogP contribution in [0.5, 0.6) is 35.3 Å². The monoisotopic (exact) mass is 1560 g/mol. The van der Waals surface area contributed by atoms with E-state index in [1.807, 2.05) is 144 Å². The number of nitrogens with zero attached hydrogens (tertiary/aromatic N) is 18. The molecule has 5 fully saturated rings. The first-order valence-corrected chi connectivity index (χ1v) is 39.9. The van der Waals surface area contributed by atoms with E-state index >= 15 is 0 Å². The number of benzene rings is 6. The van der Waals surface area contributed by atoms with Crippen molar-refractivity contribution in [3.8, 4) is 35.3 Å². The fourth-order valence-electron chi connectivity index (χ4n) is 17.7. The number of rotatable bonds is 21. The number of aromatic hydroxyl groups is 3. The number of carbonyl (C=O) groups excluding carboxylic acids is 3. The Balaban J connectivity index is 0.000000136. The molecule has 2 spiro atoms. The van der Waals surface area contributed by atoms with Gasteiger partial charge in [0.05, 0.1) is 36.7 Å². The van der Waals surface area contributed by atoms with E-state index in [-0.39, 0.29) is 58.0 Å². The average molecular weight is 1560 g/mol. The third-order valence-electron chi connectivity index (χ3n) is 23.0. The number of hydrogen-bond donors (Lipinski definition) is 3. The summed E-state index contributed by atoms with van der Waals surface area (Å²) < 4.78 is 18.4. The van der Waals surface area contributed by atoms with E-state index in [1.54, 1.807) is 18.2 Å². The Labute approximate surface area is 672 Å². The van der Waals surface area contributed by atoms with E-state index in [0.29, 0.717) is 70.5 Å². The van der Waals surface area contributed by atoms with Gasteiger partial charge in [0, 0.05) is 197 Å². The lowest BCUT2D eigenvalue weighted by atomic mass is 9.72. The molecular formula is C88H106N18O9. The third-order valence-corrected chi connectivity index (χ3v) is 23.0. The summed E-state index contributed by atoms with van der Waals surface area (Å²) in [5, 5.41) is 37.6. The first-order valence-electron chi connectivity index (χ1n) is 39.9. The SMILES string of the molecule is C=CC(=O)N1CC2(C1)CN(c1nc(OC(C)CN(C)C)nc3c1CCN(c1cc(O)cc4ccccc14)C3)C2.C=CC(=O)N1CC2(C1)CN(c1nc(OCCN(C)C)nc3c1CCN(c1cc(O)cc4ccccc14)C3)C2.C=CC(=O)N1CCN(c2nc(O[C@H](C)CN(C)C)nc3c2CCN(c2cc(O)cc4ccccc24)C3)CC1. The van der Waals surface area contributed by atoms with Crippen molar-refractivity contribution in [3.63, 3.8) is 0 Å². The van der Waals surface area contributed by atoms with Gasteiger partial charge in [0.15, 0.2) is 0 Å². The lowest BCUT2D eigenvalue weighted by molar-refractivity contribution is -0.140. The van der Waals surface area contributed by atoms with Gasteiger partial charge in [-0.25, -0.2) is 0 Å². The average Bonchev–Trinajstić information content (AvgIpc) is 0.724. The Morgan fingerprint density at radius 3 is 1.12 bits per heavy atom. The van der Waals surface area contributed by atoms with Crippen molar-refractivity contribution in [2.45, 2.75) is 65.0 Å². The summed E-state index contributed by atoms with van der Waals surface area (Å²) in [7, 11) is 12.1. The summed E-state index contributed by atoms with van der Waals surface area (Å²) in [6.07, 6.45) is 6.39. The van der Waals surface area contributed by atoms with E-state index in [1.165, 1.54) is 23.8 Å². The molecule has 602 valence electrons. The zero-order valence-electron chi connectivity index (χ0n) is 67.4. The Hall–Kier alpha value is -11.6. The van der Waals surface area contributed by atoms with Crippen molar-refractivity contribution >= 4 is 84.6 Å². The zero-order valence-corrected chi connectivity index (χ0v) is 67.4. The molecule has 1 unspecified atom stereocenters. The van der Waals surface area contributed by atoms with Gasteiger partial charge < -0.3 is 88.3 Å². The lowest BCUT2D eigenvalue weighted by Crippen LogP contribution is -2.73. The number of amides is 3. The summed E-state index contributed by atoms with van der Waals surface area (Å²) in [5.41, 5.74) is 9.60. The second kappa shape index (κ2) is 33.1. The highest BCUT2D eigenvalue weighted by Gasteiger charge is 2.55. The van der Waals surface area contributed by atoms with Gasteiger partial charge in [-0.05, 0) is 128 Å². The van der Waals surface area contributed by atoms with Gasteiger partial charge in [0.1, 0.15) is 53.5 Å². The Bertz CT molecular complexity index is 5160. The van der Waals surface area contributed by atoms with Crippen LogP contribution >= 0.6 is 0 Å².